The maximum atomic E-state index is 12.0. The van der Waals surface area contributed by atoms with E-state index in [4.69, 9.17) is 5.11 Å². The van der Waals surface area contributed by atoms with Crippen LogP contribution in [-0.4, -0.2) is 27.5 Å². The summed E-state index contributed by atoms with van der Waals surface area (Å²) >= 11 is 0. The number of carboxylic acid groups (broad SMARTS) is 1. The molecule has 0 spiro atoms. The highest BCUT2D eigenvalue weighted by Crippen LogP contribution is 2.29. The summed E-state index contributed by atoms with van der Waals surface area (Å²) in [6.07, 6.45) is 5.48. The second-order valence-corrected chi connectivity index (χ2v) is 4.96. The lowest BCUT2D eigenvalue weighted by Gasteiger charge is -2.24. The Bertz CT molecular complexity index is 479. The highest BCUT2D eigenvalue weighted by atomic mass is 16.4. The highest BCUT2D eigenvalue weighted by Gasteiger charge is 2.30. The average molecular weight is 248 g/mol. The molecule has 18 heavy (non-hydrogen) atoms. The van der Waals surface area contributed by atoms with Crippen LogP contribution in [-0.2, 0) is 0 Å². The van der Waals surface area contributed by atoms with E-state index in [1.807, 2.05) is 6.92 Å². The van der Waals surface area contributed by atoms with Gasteiger partial charge in [-0.15, -0.1) is 0 Å². The number of hydrogen-bond donors (Lipinski definition) is 2. The minimum absolute atomic E-state index is 0.0757. The Balaban J connectivity index is 2.13. The van der Waals surface area contributed by atoms with Crippen LogP contribution < -0.4 is 5.32 Å². The Hall–Kier alpha value is -1.91. The summed E-state index contributed by atoms with van der Waals surface area (Å²) in [6.45, 7) is 2.01. The summed E-state index contributed by atoms with van der Waals surface area (Å²) < 4.78 is 0. The first-order chi connectivity index (χ1) is 8.50. The molecule has 0 aliphatic heterocycles. The van der Waals surface area contributed by atoms with Crippen molar-refractivity contribution in [3.8, 4) is 0 Å². The number of pyridine rings is 1. The molecule has 5 nitrogen and oxygen atoms in total. The van der Waals surface area contributed by atoms with E-state index in [0.29, 0.717) is 0 Å². The Morgan fingerprint density at radius 3 is 2.67 bits per heavy atom. The molecule has 0 unspecified atom stereocenters. The third-order valence-electron chi connectivity index (χ3n) is 3.36. The van der Waals surface area contributed by atoms with Gasteiger partial charge in [0.25, 0.3) is 5.91 Å². The van der Waals surface area contributed by atoms with E-state index in [2.05, 4.69) is 10.3 Å². The van der Waals surface area contributed by atoms with E-state index < -0.39 is 5.97 Å². The highest BCUT2D eigenvalue weighted by molar-refractivity contribution is 5.96. The molecule has 0 radical (unpaired) electrons. The second-order valence-electron chi connectivity index (χ2n) is 4.96. The van der Waals surface area contributed by atoms with Crippen molar-refractivity contribution in [2.45, 2.75) is 38.1 Å². The molecule has 1 saturated carbocycles. The lowest BCUT2D eigenvalue weighted by atomic mass is 10.0. The van der Waals surface area contributed by atoms with Gasteiger partial charge in [0.2, 0.25) is 0 Å². The first-order valence-electron chi connectivity index (χ1n) is 6.02. The lowest BCUT2D eigenvalue weighted by Crippen LogP contribution is -2.43. The molecule has 5 heteroatoms. The van der Waals surface area contributed by atoms with E-state index in [1.165, 1.54) is 18.3 Å². The van der Waals surface area contributed by atoms with Crippen LogP contribution >= 0.6 is 0 Å². The predicted octanol–water partition coefficient (Wildman–Crippen LogP) is 1.84. The van der Waals surface area contributed by atoms with Gasteiger partial charge in [-0.05, 0) is 31.9 Å². The van der Waals surface area contributed by atoms with Gasteiger partial charge in [0.1, 0.15) is 5.69 Å². The summed E-state index contributed by atoms with van der Waals surface area (Å²) in [5.74, 6) is -1.36. The molecular weight excluding hydrogens is 232 g/mol. The van der Waals surface area contributed by atoms with E-state index in [9.17, 15) is 9.59 Å². The summed E-state index contributed by atoms with van der Waals surface area (Å²) in [7, 11) is 0. The van der Waals surface area contributed by atoms with E-state index >= 15 is 0 Å². The van der Waals surface area contributed by atoms with Gasteiger partial charge in [-0.3, -0.25) is 9.78 Å². The molecule has 0 saturated heterocycles. The molecule has 2 rings (SSSR count). The molecule has 0 aromatic carbocycles. The van der Waals surface area contributed by atoms with Crippen molar-refractivity contribution >= 4 is 11.9 Å². The monoisotopic (exact) mass is 248 g/mol. The summed E-state index contributed by atoms with van der Waals surface area (Å²) in [4.78, 5) is 26.8. The van der Waals surface area contributed by atoms with Gasteiger partial charge in [0, 0.05) is 11.7 Å². The van der Waals surface area contributed by atoms with Crippen molar-refractivity contribution in [2.24, 2.45) is 0 Å². The first-order valence-corrected chi connectivity index (χ1v) is 6.02. The van der Waals surface area contributed by atoms with E-state index in [1.54, 1.807) is 0 Å². The topological polar surface area (TPSA) is 79.3 Å². The van der Waals surface area contributed by atoms with Gasteiger partial charge >= 0.3 is 5.97 Å². The number of carbonyl (C=O) groups excluding carboxylic acids is 1. The number of hydrogen-bond acceptors (Lipinski definition) is 3. The van der Waals surface area contributed by atoms with Crippen LogP contribution in [0.4, 0.5) is 0 Å². The van der Waals surface area contributed by atoms with Crippen LogP contribution in [0.25, 0.3) is 0 Å². The molecule has 96 valence electrons. The minimum atomic E-state index is -1.06. The van der Waals surface area contributed by atoms with Gasteiger partial charge in [-0.2, -0.15) is 0 Å². The maximum absolute atomic E-state index is 12.0. The van der Waals surface area contributed by atoms with E-state index in [0.717, 1.165) is 25.7 Å². The number of aromatic carboxylic acids is 1. The predicted molar refractivity (Wildman–Crippen MR) is 65.5 cm³/mol. The molecular formula is C13H16N2O3. The Kier molecular flexibility index (Phi) is 3.32. The molecule has 1 aromatic rings. The summed E-state index contributed by atoms with van der Waals surface area (Å²) in [6, 6.07) is 2.67. The zero-order chi connectivity index (χ0) is 13.2. The lowest BCUT2D eigenvalue weighted by molar-refractivity contribution is 0.0696. The number of carboxylic acids is 1. The van der Waals surface area contributed by atoms with Crippen molar-refractivity contribution in [3.05, 3.63) is 29.6 Å². The quantitative estimate of drug-likeness (QED) is 0.855. The van der Waals surface area contributed by atoms with Gasteiger partial charge in [-0.25, -0.2) is 4.79 Å². The molecule has 1 aromatic heterocycles. The van der Waals surface area contributed by atoms with Gasteiger partial charge in [-0.1, -0.05) is 12.8 Å². The van der Waals surface area contributed by atoms with Gasteiger partial charge in [0.15, 0.2) is 0 Å². The van der Waals surface area contributed by atoms with Crippen molar-refractivity contribution in [2.75, 3.05) is 0 Å². The van der Waals surface area contributed by atoms with Crippen LogP contribution in [0.3, 0.4) is 0 Å². The van der Waals surface area contributed by atoms with Crippen LogP contribution in [0.2, 0.25) is 0 Å². The Morgan fingerprint density at radius 2 is 2.06 bits per heavy atom. The number of carbonyl (C=O) groups is 2. The largest absolute Gasteiger partial charge is 0.478 e. The van der Waals surface area contributed by atoms with Crippen LogP contribution in [0, 0.1) is 0 Å². The SMILES string of the molecule is CC1(NC(=O)c2cc(C(=O)O)ccn2)CCCC1. The standard InChI is InChI=1S/C13H16N2O3/c1-13(5-2-3-6-13)15-11(16)10-8-9(12(17)18)4-7-14-10/h4,7-8H,2-3,5-6H2,1H3,(H,15,16)(H,17,18). The Labute approximate surface area is 105 Å². The van der Waals surface area contributed by atoms with Crippen molar-refractivity contribution in [1.29, 1.82) is 0 Å². The average Bonchev–Trinajstić information content (AvgIpc) is 2.76. The zero-order valence-corrected chi connectivity index (χ0v) is 10.3. The molecule has 0 bridgehead atoms. The molecule has 1 amide bonds. The first kappa shape index (κ1) is 12.5. The van der Waals surface area contributed by atoms with Crippen LogP contribution in [0.1, 0.15) is 53.5 Å². The van der Waals surface area contributed by atoms with E-state index in [-0.39, 0.29) is 22.7 Å². The number of nitrogens with one attached hydrogen (secondary N) is 1. The number of rotatable bonds is 3. The van der Waals surface area contributed by atoms with Crippen molar-refractivity contribution < 1.29 is 14.7 Å². The van der Waals surface area contributed by atoms with Gasteiger partial charge < -0.3 is 10.4 Å². The maximum Gasteiger partial charge on any atom is 0.335 e. The minimum Gasteiger partial charge on any atom is -0.478 e. The smallest absolute Gasteiger partial charge is 0.335 e. The molecule has 0 atom stereocenters. The zero-order valence-electron chi connectivity index (χ0n) is 10.3. The third kappa shape index (κ3) is 2.67. The van der Waals surface area contributed by atoms with Gasteiger partial charge in [0.05, 0.1) is 5.56 Å². The molecule has 1 aliphatic rings. The fraction of sp³-hybridized carbons (Fsp3) is 0.462. The summed E-state index contributed by atoms with van der Waals surface area (Å²) in [5, 5.41) is 11.8. The normalized spacial score (nSPS) is 17.4. The molecule has 1 heterocycles. The number of aromatic nitrogens is 1. The van der Waals surface area contributed by atoms with Crippen LogP contribution in [0.15, 0.2) is 18.3 Å². The number of nitrogens with zero attached hydrogens (tertiary/aromatic N) is 1. The van der Waals surface area contributed by atoms with Crippen LogP contribution in [0.5, 0.6) is 0 Å². The fourth-order valence-electron chi connectivity index (χ4n) is 2.31. The van der Waals surface area contributed by atoms with Crippen molar-refractivity contribution in [3.63, 3.8) is 0 Å². The Morgan fingerprint density at radius 1 is 1.39 bits per heavy atom. The fourth-order valence-corrected chi connectivity index (χ4v) is 2.31. The molecule has 1 fully saturated rings. The molecule has 1 aliphatic carbocycles. The summed E-state index contributed by atoms with van der Waals surface area (Å²) in [5.41, 5.74) is 0.0487. The number of amides is 1. The second kappa shape index (κ2) is 4.76. The third-order valence-corrected chi connectivity index (χ3v) is 3.36. The molecule has 2 N–H and O–H groups in total. The van der Waals surface area contributed by atoms with Crippen molar-refractivity contribution in [1.82, 2.24) is 10.3 Å².